The molecule has 66 valence electrons. The minimum Gasteiger partial charge on any atom is -0.370 e. The molecule has 2 nitrogen and oxygen atoms in total. The van der Waals surface area contributed by atoms with E-state index in [1.54, 1.807) is 11.3 Å². The van der Waals surface area contributed by atoms with E-state index in [9.17, 15) is 0 Å². The molecule has 0 spiro atoms. The van der Waals surface area contributed by atoms with Gasteiger partial charge in [0.2, 0.25) is 0 Å². The smallest absolute Gasteiger partial charge is 0.104 e. The highest BCUT2D eigenvalue weighted by molar-refractivity contribution is 7.16. The number of thiophene rings is 1. The van der Waals surface area contributed by atoms with Crippen LogP contribution in [-0.4, -0.2) is 19.7 Å². The fraction of sp³-hybridized carbons (Fsp3) is 0.500. The molecule has 0 amide bonds. The van der Waals surface area contributed by atoms with Crippen LogP contribution in [0.4, 0.5) is 0 Å². The monoisotopic (exact) mass is 203 g/mol. The van der Waals surface area contributed by atoms with Crippen LogP contribution in [0.5, 0.6) is 0 Å². The van der Waals surface area contributed by atoms with E-state index < -0.39 is 0 Å². The predicted octanol–water partition coefficient (Wildman–Crippen LogP) is 2.06. The minimum absolute atomic E-state index is 0.205. The Balaban J connectivity index is 2.08. The van der Waals surface area contributed by atoms with Crippen molar-refractivity contribution < 1.29 is 4.74 Å². The van der Waals surface area contributed by atoms with E-state index >= 15 is 0 Å². The Morgan fingerprint density at radius 2 is 2.50 bits per heavy atom. The zero-order valence-corrected chi connectivity index (χ0v) is 8.12. The molecule has 2 rings (SSSR count). The lowest BCUT2D eigenvalue weighted by molar-refractivity contribution is 0.0299. The molecule has 1 aromatic heterocycles. The first-order chi connectivity index (χ1) is 5.86. The van der Waals surface area contributed by atoms with E-state index in [2.05, 4.69) is 5.32 Å². The average molecular weight is 204 g/mol. The van der Waals surface area contributed by atoms with E-state index in [4.69, 9.17) is 16.3 Å². The van der Waals surface area contributed by atoms with Crippen LogP contribution < -0.4 is 5.32 Å². The lowest BCUT2D eigenvalue weighted by atomic mass is 10.2. The first-order valence-electron chi connectivity index (χ1n) is 3.94. The second-order valence-electron chi connectivity index (χ2n) is 2.71. The molecule has 1 fully saturated rings. The highest BCUT2D eigenvalue weighted by Gasteiger charge is 2.16. The predicted molar refractivity (Wildman–Crippen MR) is 50.9 cm³/mol. The summed E-state index contributed by atoms with van der Waals surface area (Å²) in [6.07, 6.45) is 0.205. The van der Waals surface area contributed by atoms with Crippen LogP contribution in [-0.2, 0) is 4.74 Å². The van der Waals surface area contributed by atoms with E-state index in [0.29, 0.717) is 0 Å². The van der Waals surface area contributed by atoms with Gasteiger partial charge in [0.15, 0.2) is 0 Å². The summed E-state index contributed by atoms with van der Waals surface area (Å²) in [4.78, 5) is 1.22. The fourth-order valence-corrected chi connectivity index (χ4v) is 2.36. The third-order valence-corrected chi connectivity index (χ3v) is 3.16. The van der Waals surface area contributed by atoms with Crippen LogP contribution in [0.1, 0.15) is 11.0 Å². The van der Waals surface area contributed by atoms with Gasteiger partial charge >= 0.3 is 0 Å². The molecule has 1 saturated heterocycles. The third kappa shape index (κ3) is 1.80. The fourth-order valence-electron chi connectivity index (χ4n) is 1.25. The number of morpholine rings is 1. The summed E-state index contributed by atoms with van der Waals surface area (Å²) >= 11 is 7.42. The highest BCUT2D eigenvalue weighted by atomic mass is 35.5. The van der Waals surface area contributed by atoms with Crippen molar-refractivity contribution in [3.63, 3.8) is 0 Å². The van der Waals surface area contributed by atoms with Gasteiger partial charge in [-0.3, -0.25) is 0 Å². The van der Waals surface area contributed by atoms with E-state index in [-0.39, 0.29) is 6.10 Å². The summed E-state index contributed by atoms with van der Waals surface area (Å²) in [6, 6.07) is 3.95. The molecule has 1 aromatic rings. The van der Waals surface area contributed by atoms with Gasteiger partial charge in [0.25, 0.3) is 0 Å². The van der Waals surface area contributed by atoms with Crippen LogP contribution in [0.15, 0.2) is 12.1 Å². The van der Waals surface area contributed by atoms with E-state index in [1.807, 2.05) is 12.1 Å². The molecular weight excluding hydrogens is 194 g/mol. The van der Waals surface area contributed by atoms with Gasteiger partial charge in [-0.25, -0.2) is 0 Å². The zero-order chi connectivity index (χ0) is 8.39. The van der Waals surface area contributed by atoms with Crippen molar-refractivity contribution in [3.05, 3.63) is 21.3 Å². The third-order valence-electron chi connectivity index (χ3n) is 1.84. The first kappa shape index (κ1) is 8.51. The van der Waals surface area contributed by atoms with Crippen molar-refractivity contribution in [2.75, 3.05) is 19.7 Å². The average Bonchev–Trinajstić information content (AvgIpc) is 2.54. The highest BCUT2D eigenvalue weighted by Crippen LogP contribution is 2.29. The van der Waals surface area contributed by atoms with Gasteiger partial charge < -0.3 is 10.1 Å². The van der Waals surface area contributed by atoms with Crippen molar-refractivity contribution in [3.8, 4) is 0 Å². The lowest BCUT2D eigenvalue weighted by Gasteiger charge is -2.22. The molecule has 0 unspecified atom stereocenters. The Morgan fingerprint density at radius 3 is 3.08 bits per heavy atom. The van der Waals surface area contributed by atoms with Gasteiger partial charge in [0.05, 0.1) is 10.9 Å². The molecular formula is C8H10ClNOS. The number of halogens is 1. The van der Waals surface area contributed by atoms with Crippen LogP contribution in [0.3, 0.4) is 0 Å². The summed E-state index contributed by atoms with van der Waals surface area (Å²) in [7, 11) is 0. The number of hydrogen-bond acceptors (Lipinski definition) is 3. The molecule has 0 bridgehead atoms. The van der Waals surface area contributed by atoms with Gasteiger partial charge in [-0.05, 0) is 12.1 Å². The van der Waals surface area contributed by atoms with Crippen LogP contribution >= 0.6 is 22.9 Å². The zero-order valence-electron chi connectivity index (χ0n) is 6.55. The van der Waals surface area contributed by atoms with Crippen LogP contribution in [0, 0.1) is 0 Å². The lowest BCUT2D eigenvalue weighted by Crippen LogP contribution is -2.32. The Kier molecular flexibility index (Phi) is 2.66. The Labute approximate surface area is 80.5 Å². The number of ether oxygens (including phenoxy) is 1. The molecule has 2 heterocycles. The molecule has 0 aliphatic carbocycles. The first-order valence-corrected chi connectivity index (χ1v) is 5.13. The van der Waals surface area contributed by atoms with Crippen molar-refractivity contribution in [2.24, 2.45) is 0 Å². The van der Waals surface area contributed by atoms with E-state index in [1.165, 1.54) is 4.88 Å². The second kappa shape index (κ2) is 3.75. The van der Waals surface area contributed by atoms with Crippen molar-refractivity contribution in [1.29, 1.82) is 0 Å². The van der Waals surface area contributed by atoms with Crippen LogP contribution in [0.2, 0.25) is 4.34 Å². The summed E-state index contributed by atoms with van der Waals surface area (Å²) in [5, 5.41) is 3.28. The Morgan fingerprint density at radius 1 is 1.58 bits per heavy atom. The van der Waals surface area contributed by atoms with Gasteiger partial charge in [-0.1, -0.05) is 11.6 Å². The Hall–Kier alpha value is -0.0900. The van der Waals surface area contributed by atoms with Crippen molar-refractivity contribution in [1.82, 2.24) is 5.32 Å². The molecule has 4 heteroatoms. The van der Waals surface area contributed by atoms with Gasteiger partial charge in [0.1, 0.15) is 6.10 Å². The standard InChI is InChI=1S/C8H10ClNOS/c9-8-2-1-7(12-8)6-5-10-3-4-11-6/h1-2,6,10H,3-5H2/t6-/m1/s1. The minimum atomic E-state index is 0.205. The SMILES string of the molecule is Clc1ccc([C@H]2CNCCO2)s1. The van der Waals surface area contributed by atoms with Crippen LogP contribution in [0.25, 0.3) is 0 Å². The Bertz CT molecular complexity index is 257. The number of nitrogens with one attached hydrogen (secondary N) is 1. The molecule has 0 saturated carbocycles. The van der Waals surface area contributed by atoms with Crippen molar-refractivity contribution in [2.45, 2.75) is 6.10 Å². The van der Waals surface area contributed by atoms with Gasteiger partial charge in [-0.2, -0.15) is 0 Å². The largest absolute Gasteiger partial charge is 0.370 e. The van der Waals surface area contributed by atoms with E-state index in [0.717, 1.165) is 24.0 Å². The summed E-state index contributed by atoms with van der Waals surface area (Å²) < 4.78 is 6.40. The topological polar surface area (TPSA) is 21.3 Å². The maximum atomic E-state index is 5.82. The molecule has 1 aliphatic rings. The van der Waals surface area contributed by atoms with Gasteiger partial charge in [-0.15, -0.1) is 11.3 Å². The summed E-state index contributed by atoms with van der Waals surface area (Å²) in [6.45, 7) is 2.65. The maximum absolute atomic E-state index is 5.82. The number of rotatable bonds is 1. The number of hydrogen-bond donors (Lipinski definition) is 1. The second-order valence-corrected chi connectivity index (χ2v) is 4.45. The normalized spacial score (nSPS) is 24.2. The summed E-state index contributed by atoms with van der Waals surface area (Å²) in [5.74, 6) is 0. The molecule has 1 atom stereocenters. The van der Waals surface area contributed by atoms with Gasteiger partial charge in [0, 0.05) is 18.0 Å². The molecule has 0 radical (unpaired) electrons. The summed E-state index contributed by atoms with van der Waals surface area (Å²) in [5.41, 5.74) is 0. The molecule has 1 aliphatic heterocycles. The molecule has 1 N–H and O–H groups in total. The maximum Gasteiger partial charge on any atom is 0.104 e. The quantitative estimate of drug-likeness (QED) is 0.755. The van der Waals surface area contributed by atoms with Crippen molar-refractivity contribution >= 4 is 22.9 Å². The molecule has 0 aromatic carbocycles. The molecule has 12 heavy (non-hydrogen) atoms.